The van der Waals surface area contributed by atoms with Crippen molar-refractivity contribution in [3.05, 3.63) is 0 Å². The molecule has 10 heteroatoms. The number of carbonyl (C=O) groups excluding carboxylic acids is 2. The van der Waals surface area contributed by atoms with Crippen molar-refractivity contribution in [2.45, 2.75) is 11.3 Å². The Hall–Kier alpha value is -0.900. The fourth-order valence-corrected chi connectivity index (χ4v) is 2.38. The van der Waals surface area contributed by atoms with Crippen LogP contribution in [-0.4, -0.2) is 41.0 Å². The highest BCUT2D eigenvalue weighted by atomic mass is 35.5. The van der Waals surface area contributed by atoms with Crippen LogP contribution in [0.3, 0.4) is 0 Å². The fraction of sp³-hybridized carbons (Fsp3) is 0.500. The van der Waals surface area contributed by atoms with Crippen LogP contribution in [0.5, 0.6) is 0 Å². The van der Waals surface area contributed by atoms with E-state index >= 15 is 0 Å². The van der Waals surface area contributed by atoms with Gasteiger partial charge in [-0.2, -0.15) is 0 Å². The molecule has 0 aliphatic carbocycles. The largest absolute Gasteiger partial charge is 0.465 e. The average Bonchev–Trinajstić information content (AvgIpc) is 2.74. The van der Waals surface area contributed by atoms with Gasteiger partial charge in [0.05, 0.1) is 18.9 Å². The summed E-state index contributed by atoms with van der Waals surface area (Å²) in [5, 5.41) is 10.4. The van der Waals surface area contributed by atoms with Crippen LogP contribution in [0, 0.1) is 0 Å². The number of nitrogens with two attached hydrogens (primary N) is 1. The Bertz CT molecular complexity index is 401. The van der Waals surface area contributed by atoms with Crippen LogP contribution in [0.1, 0.15) is 6.92 Å². The molecule has 18 heavy (non-hydrogen) atoms. The van der Waals surface area contributed by atoms with E-state index in [4.69, 9.17) is 10.5 Å². The molecule has 0 saturated heterocycles. The molecular formula is C8H13ClN4O3S2. The quantitative estimate of drug-likeness (QED) is 0.448. The predicted octanol–water partition coefficient (Wildman–Crippen LogP) is 0.512. The van der Waals surface area contributed by atoms with Gasteiger partial charge < -0.3 is 10.5 Å². The molecule has 0 aliphatic rings. The Morgan fingerprint density at radius 2 is 2.22 bits per heavy atom. The van der Waals surface area contributed by atoms with E-state index in [1.54, 1.807) is 6.92 Å². The van der Waals surface area contributed by atoms with Gasteiger partial charge in [0.15, 0.2) is 4.34 Å². The molecule has 3 N–H and O–H groups in total. The van der Waals surface area contributed by atoms with Gasteiger partial charge in [-0.3, -0.25) is 14.9 Å². The molecule has 0 saturated carbocycles. The Kier molecular flexibility index (Phi) is 8.63. The van der Waals surface area contributed by atoms with Crippen molar-refractivity contribution in [2.24, 2.45) is 5.73 Å². The summed E-state index contributed by atoms with van der Waals surface area (Å²) < 4.78 is 5.35. The van der Waals surface area contributed by atoms with Gasteiger partial charge in [-0.25, -0.2) is 0 Å². The molecule has 1 heterocycles. The summed E-state index contributed by atoms with van der Waals surface area (Å²) in [5.74, 6) is -0.462. The molecule has 7 nitrogen and oxygen atoms in total. The standard InChI is InChI=1S/C8H12N4O3S2.ClH/c1-2-15-6(14)4-16-8-12-11-7(17-8)10-5(13)3-9;/h2-4,9H2,1H3,(H,10,11,13);1H. The van der Waals surface area contributed by atoms with Gasteiger partial charge in [0.1, 0.15) is 0 Å². The maximum absolute atomic E-state index is 11.1. The van der Waals surface area contributed by atoms with Crippen molar-refractivity contribution in [3.8, 4) is 0 Å². The average molecular weight is 313 g/mol. The molecule has 102 valence electrons. The first-order valence-electron chi connectivity index (χ1n) is 4.77. The molecule has 0 spiro atoms. The van der Waals surface area contributed by atoms with Gasteiger partial charge in [0, 0.05) is 0 Å². The number of esters is 1. The van der Waals surface area contributed by atoms with E-state index in [1.165, 1.54) is 23.1 Å². The highest BCUT2D eigenvalue weighted by molar-refractivity contribution is 8.01. The number of carbonyl (C=O) groups is 2. The number of hydrogen-bond donors (Lipinski definition) is 2. The second kappa shape index (κ2) is 9.09. The third-order valence-corrected chi connectivity index (χ3v) is 3.40. The first kappa shape index (κ1) is 17.1. The van der Waals surface area contributed by atoms with Crippen LogP contribution in [0.25, 0.3) is 0 Å². The van der Waals surface area contributed by atoms with E-state index in [2.05, 4.69) is 15.5 Å². The van der Waals surface area contributed by atoms with E-state index in [-0.39, 0.29) is 36.6 Å². The molecule has 0 unspecified atom stereocenters. The number of ether oxygens (including phenoxy) is 1. The molecule has 1 amide bonds. The van der Waals surface area contributed by atoms with Crippen molar-refractivity contribution in [3.63, 3.8) is 0 Å². The minimum absolute atomic E-state index is 0. The lowest BCUT2D eigenvalue weighted by Crippen LogP contribution is -2.21. The second-order valence-corrected chi connectivity index (χ2v) is 4.92. The summed E-state index contributed by atoms with van der Waals surface area (Å²) in [6.07, 6.45) is 0. The van der Waals surface area contributed by atoms with Crippen molar-refractivity contribution >= 4 is 52.5 Å². The van der Waals surface area contributed by atoms with E-state index in [9.17, 15) is 9.59 Å². The Morgan fingerprint density at radius 1 is 1.50 bits per heavy atom. The van der Waals surface area contributed by atoms with Crippen molar-refractivity contribution in [1.82, 2.24) is 10.2 Å². The van der Waals surface area contributed by atoms with Gasteiger partial charge in [-0.05, 0) is 6.92 Å². The van der Waals surface area contributed by atoms with Crippen molar-refractivity contribution in [1.29, 1.82) is 0 Å². The van der Waals surface area contributed by atoms with E-state index in [1.807, 2.05) is 0 Å². The van der Waals surface area contributed by atoms with Crippen LogP contribution in [-0.2, 0) is 14.3 Å². The number of anilines is 1. The topological polar surface area (TPSA) is 107 Å². The van der Waals surface area contributed by atoms with Crippen LogP contribution < -0.4 is 11.1 Å². The van der Waals surface area contributed by atoms with Gasteiger partial charge in [-0.1, -0.05) is 23.1 Å². The molecule has 0 bridgehead atoms. The monoisotopic (exact) mass is 312 g/mol. The minimum Gasteiger partial charge on any atom is -0.465 e. The first-order valence-corrected chi connectivity index (χ1v) is 6.57. The predicted molar refractivity (Wildman–Crippen MR) is 72.2 cm³/mol. The number of halogens is 1. The maximum Gasteiger partial charge on any atom is 0.316 e. The summed E-state index contributed by atoms with van der Waals surface area (Å²) in [4.78, 5) is 22.0. The Balaban J connectivity index is 0.00000289. The number of aromatic nitrogens is 2. The number of amides is 1. The van der Waals surface area contributed by atoms with E-state index in [0.29, 0.717) is 16.1 Å². The zero-order valence-electron chi connectivity index (χ0n) is 9.54. The zero-order valence-corrected chi connectivity index (χ0v) is 12.0. The maximum atomic E-state index is 11.1. The summed E-state index contributed by atoms with van der Waals surface area (Å²) in [6, 6.07) is 0. The van der Waals surface area contributed by atoms with Gasteiger partial charge >= 0.3 is 5.97 Å². The highest BCUT2D eigenvalue weighted by Gasteiger charge is 2.09. The molecule has 1 aromatic rings. The third-order valence-electron chi connectivity index (χ3n) is 1.46. The smallest absolute Gasteiger partial charge is 0.316 e. The summed E-state index contributed by atoms with van der Waals surface area (Å²) in [7, 11) is 0. The fourth-order valence-electron chi connectivity index (χ4n) is 0.812. The number of hydrogen-bond acceptors (Lipinski definition) is 8. The van der Waals surface area contributed by atoms with E-state index in [0.717, 1.165) is 0 Å². The highest BCUT2D eigenvalue weighted by Crippen LogP contribution is 2.25. The molecular weight excluding hydrogens is 300 g/mol. The molecule has 0 aromatic carbocycles. The van der Waals surface area contributed by atoms with Crippen molar-refractivity contribution < 1.29 is 14.3 Å². The SMILES string of the molecule is CCOC(=O)CSc1nnc(NC(=O)CN)s1.Cl. The van der Waals surface area contributed by atoms with Gasteiger partial charge in [0.2, 0.25) is 11.0 Å². The number of nitrogens with zero attached hydrogens (tertiary/aromatic N) is 2. The molecule has 0 aliphatic heterocycles. The summed E-state index contributed by atoms with van der Waals surface area (Å²) in [6.45, 7) is 1.99. The molecule has 0 atom stereocenters. The van der Waals surface area contributed by atoms with Gasteiger partial charge in [0.25, 0.3) is 0 Å². The summed E-state index contributed by atoms with van der Waals surface area (Å²) in [5.41, 5.74) is 5.14. The lowest BCUT2D eigenvalue weighted by atomic mass is 10.6. The minimum atomic E-state index is -0.330. The molecule has 0 fully saturated rings. The first-order chi connectivity index (χ1) is 8.15. The van der Waals surface area contributed by atoms with Crippen molar-refractivity contribution in [2.75, 3.05) is 24.2 Å². The Labute approximate surface area is 118 Å². The third kappa shape index (κ3) is 6.15. The number of nitrogens with one attached hydrogen (secondary N) is 1. The Morgan fingerprint density at radius 3 is 2.83 bits per heavy atom. The van der Waals surface area contributed by atoms with E-state index < -0.39 is 0 Å². The number of rotatable bonds is 6. The molecule has 0 radical (unpaired) electrons. The van der Waals surface area contributed by atoms with Gasteiger partial charge in [-0.15, -0.1) is 22.6 Å². The van der Waals surface area contributed by atoms with Crippen LogP contribution in [0.2, 0.25) is 0 Å². The zero-order chi connectivity index (χ0) is 12.7. The molecule has 1 rings (SSSR count). The molecule has 1 aromatic heterocycles. The summed E-state index contributed by atoms with van der Waals surface area (Å²) >= 11 is 2.39. The van der Waals surface area contributed by atoms with Crippen LogP contribution >= 0.6 is 35.5 Å². The lowest BCUT2D eigenvalue weighted by molar-refractivity contribution is -0.139. The van der Waals surface area contributed by atoms with Crippen LogP contribution in [0.4, 0.5) is 5.13 Å². The lowest BCUT2D eigenvalue weighted by Gasteiger charge is -1.98. The van der Waals surface area contributed by atoms with Crippen LogP contribution in [0.15, 0.2) is 4.34 Å². The normalized spacial score (nSPS) is 9.44. The number of thioether (sulfide) groups is 1. The second-order valence-electron chi connectivity index (χ2n) is 2.72.